The Morgan fingerprint density at radius 1 is 1.31 bits per heavy atom. The van der Waals surface area contributed by atoms with Gasteiger partial charge in [-0.3, -0.25) is 19.3 Å². The molecule has 0 aliphatic carbocycles. The molecule has 0 bridgehead atoms. The number of benzene rings is 1. The highest BCUT2D eigenvalue weighted by Crippen LogP contribution is 2.37. The summed E-state index contributed by atoms with van der Waals surface area (Å²) in [6.07, 6.45) is 3.06. The van der Waals surface area contributed by atoms with Gasteiger partial charge >= 0.3 is 0 Å². The number of aromatic nitrogens is 1. The number of imide groups is 1. The first-order chi connectivity index (χ1) is 12.3. The third-order valence-corrected chi connectivity index (χ3v) is 5.23. The largest absolute Gasteiger partial charge is 0.504 e. The van der Waals surface area contributed by atoms with Crippen molar-refractivity contribution < 1.29 is 19.4 Å². The van der Waals surface area contributed by atoms with Gasteiger partial charge < -0.3 is 14.8 Å². The molecule has 1 aliphatic rings. The lowest BCUT2D eigenvalue weighted by atomic mass is 10.2. The van der Waals surface area contributed by atoms with Gasteiger partial charge in [0.1, 0.15) is 6.61 Å². The van der Waals surface area contributed by atoms with E-state index >= 15 is 0 Å². The van der Waals surface area contributed by atoms with Crippen LogP contribution in [0, 0.1) is 0 Å². The fourth-order valence-corrected chi connectivity index (χ4v) is 3.48. The van der Waals surface area contributed by atoms with E-state index in [1.807, 2.05) is 0 Å². The zero-order valence-electron chi connectivity index (χ0n) is 13.5. The number of carbonyl (C=O) groups excluding carboxylic acids is 2. The average Bonchev–Trinajstić information content (AvgIpc) is 2.83. The second-order valence-corrected chi connectivity index (χ2v) is 7.28. The molecule has 3 rings (SSSR count). The summed E-state index contributed by atoms with van der Waals surface area (Å²) < 4.78 is 6.13. The van der Waals surface area contributed by atoms with E-state index in [2.05, 4.69) is 20.9 Å². The van der Waals surface area contributed by atoms with Crippen molar-refractivity contribution >= 4 is 44.9 Å². The van der Waals surface area contributed by atoms with Crippen molar-refractivity contribution in [3.8, 4) is 11.5 Å². The third kappa shape index (κ3) is 3.83. The number of phenols is 1. The lowest BCUT2D eigenvalue weighted by Crippen LogP contribution is -2.22. The van der Waals surface area contributed by atoms with Crippen LogP contribution >= 0.6 is 27.7 Å². The summed E-state index contributed by atoms with van der Waals surface area (Å²) in [5, 5.41) is 9.72. The number of H-pyrrole nitrogens is 1. The zero-order chi connectivity index (χ0) is 18.8. The monoisotopic (exact) mass is 436 g/mol. The Kier molecular flexibility index (Phi) is 5.19. The van der Waals surface area contributed by atoms with Crippen LogP contribution in [0.15, 0.2) is 44.6 Å². The highest BCUT2D eigenvalue weighted by atomic mass is 79.9. The van der Waals surface area contributed by atoms with Crippen molar-refractivity contribution in [2.75, 3.05) is 7.05 Å². The van der Waals surface area contributed by atoms with Crippen molar-refractivity contribution in [2.45, 2.75) is 6.61 Å². The lowest BCUT2D eigenvalue weighted by molar-refractivity contribution is -0.121. The number of ether oxygens (including phenoxy) is 1. The van der Waals surface area contributed by atoms with E-state index in [4.69, 9.17) is 4.74 Å². The van der Waals surface area contributed by atoms with Crippen molar-refractivity contribution in [1.29, 1.82) is 0 Å². The maximum atomic E-state index is 12.0. The summed E-state index contributed by atoms with van der Waals surface area (Å²) in [5.74, 6) is -0.288. The molecular weight excluding hydrogens is 424 g/mol. The Labute approximate surface area is 160 Å². The standard InChI is InChI=1S/C17H13BrN2O5S/c1-20-16(23)14(26-17(20)24)6-10-5-13(12(21)7-11(10)18)25-8-9-2-3-19-15(22)4-9/h2-7,21H,8H2,1H3,(H,19,22)/b14-6-. The molecule has 7 nitrogen and oxygen atoms in total. The molecule has 0 saturated carbocycles. The van der Waals surface area contributed by atoms with Crippen LogP contribution in [0.5, 0.6) is 11.5 Å². The summed E-state index contributed by atoms with van der Waals surface area (Å²) in [6.45, 7) is 0.0873. The maximum Gasteiger partial charge on any atom is 0.293 e. The van der Waals surface area contributed by atoms with Gasteiger partial charge in [0.2, 0.25) is 5.56 Å². The Morgan fingerprint density at radius 3 is 2.73 bits per heavy atom. The number of halogens is 1. The van der Waals surface area contributed by atoms with Gasteiger partial charge in [-0.2, -0.15) is 0 Å². The molecule has 1 aromatic carbocycles. The second kappa shape index (κ2) is 7.38. The molecule has 9 heteroatoms. The molecule has 2 amide bonds. The summed E-state index contributed by atoms with van der Waals surface area (Å²) >= 11 is 4.16. The first-order valence-corrected chi connectivity index (χ1v) is 9.00. The van der Waals surface area contributed by atoms with Crippen molar-refractivity contribution in [1.82, 2.24) is 9.88 Å². The van der Waals surface area contributed by atoms with E-state index in [1.165, 1.54) is 25.4 Å². The molecular formula is C17H13BrN2O5S. The molecule has 1 aromatic heterocycles. The predicted molar refractivity (Wildman–Crippen MR) is 101 cm³/mol. The minimum atomic E-state index is -0.383. The van der Waals surface area contributed by atoms with E-state index in [1.54, 1.807) is 18.2 Å². The van der Waals surface area contributed by atoms with Gasteiger partial charge in [-0.15, -0.1) is 0 Å². The number of amides is 2. The van der Waals surface area contributed by atoms with E-state index in [0.717, 1.165) is 16.7 Å². The van der Waals surface area contributed by atoms with Gasteiger partial charge in [0.25, 0.3) is 11.1 Å². The van der Waals surface area contributed by atoms with Crippen LogP contribution in [-0.2, 0) is 11.4 Å². The first-order valence-electron chi connectivity index (χ1n) is 7.39. The number of pyridine rings is 1. The van der Waals surface area contributed by atoms with Gasteiger partial charge in [0.15, 0.2) is 11.5 Å². The number of aromatic amines is 1. The Bertz CT molecular complexity index is 985. The van der Waals surface area contributed by atoms with Gasteiger partial charge in [0, 0.05) is 23.8 Å². The molecule has 2 aromatic rings. The molecule has 1 saturated heterocycles. The Morgan fingerprint density at radius 2 is 2.08 bits per heavy atom. The third-order valence-electron chi connectivity index (χ3n) is 3.59. The minimum Gasteiger partial charge on any atom is -0.504 e. The zero-order valence-corrected chi connectivity index (χ0v) is 15.9. The smallest absolute Gasteiger partial charge is 0.293 e. The normalized spacial score (nSPS) is 15.8. The molecule has 26 heavy (non-hydrogen) atoms. The van der Waals surface area contributed by atoms with E-state index in [0.29, 0.717) is 15.6 Å². The minimum absolute atomic E-state index is 0.0873. The number of phenolic OH excluding ortho intramolecular Hbond substituents is 1. The number of thioether (sulfide) groups is 1. The quantitative estimate of drug-likeness (QED) is 0.714. The van der Waals surface area contributed by atoms with Crippen LogP contribution in [0.1, 0.15) is 11.1 Å². The fraction of sp³-hybridized carbons (Fsp3) is 0.118. The number of aromatic hydroxyl groups is 1. The van der Waals surface area contributed by atoms with Crippen molar-refractivity contribution in [3.05, 3.63) is 61.3 Å². The van der Waals surface area contributed by atoms with E-state index in [9.17, 15) is 19.5 Å². The number of nitrogens with zero attached hydrogens (tertiary/aromatic N) is 1. The van der Waals surface area contributed by atoms with E-state index in [-0.39, 0.29) is 39.7 Å². The number of nitrogens with one attached hydrogen (secondary N) is 1. The molecule has 1 fully saturated rings. The molecule has 1 aliphatic heterocycles. The van der Waals surface area contributed by atoms with Crippen LogP contribution in [-0.4, -0.2) is 33.2 Å². The number of rotatable bonds is 4. The summed E-state index contributed by atoms with van der Waals surface area (Å²) in [7, 11) is 1.42. The van der Waals surface area contributed by atoms with Crippen LogP contribution < -0.4 is 10.3 Å². The lowest BCUT2D eigenvalue weighted by Gasteiger charge is -2.10. The van der Waals surface area contributed by atoms with Gasteiger partial charge in [-0.05, 0) is 47.2 Å². The van der Waals surface area contributed by atoms with Gasteiger partial charge in [-0.25, -0.2) is 0 Å². The molecule has 0 unspecified atom stereocenters. The maximum absolute atomic E-state index is 12.0. The molecule has 2 N–H and O–H groups in total. The highest BCUT2D eigenvalue weighted by molar-refractivity contribution is 9.10. The summed E-state index contributed by atoms with van der Waals surface area (Å²) in [5.41, 5.74) is 0.967. The van der Waals surface area contributed by atoms with E-state index < -0.39 is 0 Å². The van der Waals surface area contributed by atoms with Crippen LogP contribution in [0.25, 0.3) is 6.08 Å². The molecule has 0 atom stereocenters. The number of hydrogen-bond donors (Lipinski definition) is 2. The number of hydrogen-bond acceptors (Lipinski definition) is 6. The van der Waals surface area contributed by atoms with Crippen LogP contribution in [0.2, 0.25) is 0 Å². The fourth-order valence-electron chi connectivity index (χ4n) is 2.21. The van der Waals surface area contributed by atoms with Crippen molar-refractivity contribution in [3.63, 3.8) is 0 Å². The molecule has 0 spiro atoms. The van der Waals surface area contributed by atoms with Gasteiger partial charge in [0.05, 0.1) is 4.91 Å². The molecule has 2 heterocycles. The van der Waals surface area contributed by atoms with Crippen LogP contribution in [0.3, 0.4) is 0 Å². The predicted octanol–water partition coefficient (Wildman–Crippen LogP) is 3.09. The van der Waals surface area contributed by atoms with Crippen molar-refractivity contribution in [2.24, 2.45) is 0 Å². The number of carbonyl (C=O) groups is 2. The highest BCUT2D eigenvalue weighted by Gasteiger charge is 2.32. The Balaban J connectivity index is 1.86. The summed E-state index contributed by atoms with van der Waals surface area (Å²) in [4.78, 5) is 38.7. The molecule has 134 valence electrons. The summed E-state index contributed by atoms with van der Waals surface area (Å²) in [6, 6.07) is 6.08. The first kappa shape index (κ1) is 18.3. The second-order valence-electron chi connectivity index (χ2n) is 5.43. The van der Waals surface area contributed by atoms with Crippen LogP contribution in [0.4, 0.5) is 4.79 Å². The Hall–Kier alpha value is -2.52. The topological polar surface area (TPSA) is 99.7 Å². The average molecular weight is 437 g/mol. The molecule has 0 radical (unpaired) electrons. The van der Waals surface area contributed by atoms with Gasteiger partial charge in [-0.1, -0.05) is 15.9 Å². The number of likely N-dealkylation sites (N-methyl/N-ethyl adjacent to an activating group) is 1. The SMILES string of the molecule is CN1C(=O)S/C(=C\c2cc(OCc3cc[nH]c(=O)c3)c(O)cc2Br)C1=O.